The Kier molecular flexibility index (Phi) is 7.26. The Morgan fingerprint density at radius 1 is 1.35 bits per heavy atom. The van der Waals surface area contributed by atoms with Crippen LogP contribution in [0.4, 0.5) is 5.69 Å². The first kappa shape index (κ1) is 20.0. The number of carbonyl (C=O) groups excluding carboxylic acids is 1. The summed E-state index contributed by atoms with van der Waals surface area (Å²) in [4.78, 5) is 18.4. The minimum atomic E-state index is -0.102. The van der Waals surface area contributed by atoms with E-state index in [4.69, 9.17) is 0 Å². The molecular formula is C19H26BrN5O. The zero-order chi connectivity index (χ0) is 19.1. The highest BCUT2D eigenvalue weighted by atomic mass is 79.9. The molecule has 2 aromatic rings. The van der Waals surface area contributed by atoms with E-state index in [9.17, 15) is 4.79 Å². The quantitative estimate of drug-likeness (QED) is 0.558. The lowest BCUT2D eigenvalue weighted by Crippen LogP contribution is -2.42. The molecule has 1 heterocycles. The van der Waals surface area contributed by atoms with Gasteiger partial charge in [-0.15, -0.1) is 0 Å². The number of amides is 1. The fourth-order valence-corrected chi connectivity index (χ4v) is 3.23. The normalized spacial score (nSPS) is 11.3. The standard InChI is InChI=1S/C19H26BrN5O/c1-5-14-7-6-8-16(9-14)23-18(26)11-22-19(21-2)25(4)13-17-10-15(20)12-24(17)3/h6-10,12H,5,11,13H2,1-4H3,(H,21,22)(H,23,26). The summed E-state index contributed by atoms with van der Waals surface area (Å²) in [5.41, 5.74) is 3.15. The van der Waals surface area contributed by atoms with Gasteiger partial charge in [0.15, 0.2) is 5.96 Å². The number of carbonyl (C=O) groups is 1. The highest BCUT2D eigenvalue weighted by Crippen LogP contribution is 2.15. The molecule has 7 heteroatoms. The molecule has 2 rings (SSSR count). The minimum Gasteiger partial charge on any atom is -0.352 e. The zero-order valence-electron chi connectivity index (χ0n) is 15.7. The molecule has 0 fully saturated rings. The van der Waals surface area contributed by atoms with E-state index in [1.165, 1.54) is 5.56 Å². The Morgan fingerprint density at radius 3 is 2.73 bits per heavy atom. The van der Waals surface area contributed by atoms with Crippen molar-refractivity contribution in [3.63, 3.8) is 0 Å². The summed E-state index contributed by atoms with van der Waals surface area (Å²) in [6.07, 6.45) is 2.95. The van der Waals surface area contributed by atoms with Crippen LogP contribution in [0.25, 0.3) is 0 Å². The molecule has 0 aliphatic heterocycles. The number of hydrogen-bond acceptors (Lipinski definition) is 2. The van der Waals surface area contributed by atoms with Crippen LogP contribution in [0.3, 0.4) is 0 Å². The number of anilines is 1. The second-order valence-corrected chi connectivity index (χ2v) is 7.04. The minimum absolute atomic E-state index is 0.102. The molecule has 2 N–H and O–H groups in total. The van der Waals surface area contributed by atoms with Crippen molar-refractivity contribution in [3.05, 3.63) is 52.3 Å². The Hall–Kier alpha value is -2.28. The number of aliphatic imine (C=N–C) groups is 1. The van der Waals surface area contributed by atoms with Crippen molar-refractivity contribution in [1.82, 2.24) is 14.8 Å². The van der Waals surface area contributed by atoms with Gasteiger partial charge in [0.05, 0.1) is 13.1 Å². The third-order valence-corrected chi connectivity index (χ3v) is 4.51. The number of guanidine groups is 1. The fourth-order valence-electron chi connectivity index (χ4n) is 2.66. The molecule has 0 aliphatic rings. The molecular weight excluding hydrogens is 394 g/mol. The number of rotatable bonds is 6. The number of aryl methyl sites for hydroxylation is 2. The largest absolute Gasteiger partial charge is 0.352 e. The number of benzene rings is 1. The molecule has 6 nitrogen and oxygen atoms in total. The molecule has 26 heavy (non-hydrogen) atoms. The smallest absolute Gasteiger partial charge is 0.243 e. The van der Waals surface area contributed by atoms with Crippen LogP contribution in [-0.2, 0) is 24.8 Å². The lowest BCUT2D eigenvalue weighted by atomic mass is 10.1. The molecule has 0 saturated heterocycles. The van der Waals surface area contributed by atoms with Crippen molar-refractivity contribution < 1.29 is 4.79 Å². The van der Waals surface area contributed by atoms with Crippen LogP contribution in [0.2, 0.25) is 0 Å². The van der Waals surface area contributed by atoms with Gasteiger partial charge in [-0.2, -0.15) is 0 Å². The van der Waals surface area contributed by atoms with Crippen molar-refractivity contribution in [3.8, 4) is 0 Å². The third kappa shape index (κ3) is 5.62. The predicted octanol–water partition coefficient (Wildman–Crippen LogP) is 3.00. The van der Waals surface area contributed by atoms with Crippen LogP contribution in [0.5, 0.6) is 0 Å². The Labute approximate surface area is 163 Å². The summed E-state index contributed by atoms with van der Waals surface area (Å²) in [5.74, 6) is 0.564. The summed E-state index contributed by atoms with van der Waals surface area (Å²) in [6.45, 7) is 2.93. The van der Waals surface area contributed by atoms with Gasteiger partial charge in [0.25, 0.3) is 0 Å². The van der Waals surface area contributed by atoms with Gasteiger partial charge in [-0.25, -0.2) is 0 Å². The maximum absolute atomic E-state index is 12.2. The molecule has 1 aromatic carbocycles. The first-order valence-corrected chi connectivity index (χ1v) is 9.33. The van der Waals surface area contributed by atoms with Crippen molar-refractivity contribution in [2.24, 2.45) is 12.0 Å². The number of halogens is 1. The van der Waals surface area contributed by atoms with E-state index in [-0.39, 0.29) is 12.5 Å². The lowest BCUT2D eigenvalue weighted by molar-refractivity contribution is -0.115. The van der Waals surface area contributed by atoms with E-state index in [1.807, 2.05) is 49.5 Å². The van der Waals surface area contributed by atoms with Crippen molar-refractivity contribution in [1.29, 1.82) is 0 Å². The molecule has 0 unspecified atom stereocenters. The van der Waals surface area contributed by atoms with Crippen LogP contribution < -0.4 is 10.6 Å². The highest BCUT2D eigenvalue weighted by Gasteiger charge is 2.11. The molecule has 0 saturated carbocycles. The van der Waals surface area contributed by atoms with Crippen molar-refractivity contribution in [2.75, 3.05) is 26.0 Å². The molecule has 0 atom stereocenters. The molecule has 0 spiro atoms. The summed E-state index contributed by atoms with van der Waals surface area (Å²) in [6, 6.07) is 9.95. The van der Waals surface area contributed by atoms with Gasteiger partial charge in [0, 0.05) is 43.2 Å². The molecule has 0 bridgehead atoms. The first-order valence-electron chi connectivity index (χ1n) is 8.54. The second kappa shape index (κ2) is 9.43. The second-order valence-electron chi connectivity index (χ2n) is 6.12. The summed E-state index contributed by atoms with van der Waals surface area (Å²) >= 11 is 3.48. The molecule has 1 aromatic heterocycles. The number of nitrogens with zero attached hydrogens (tertiary/aromatic N) is 3. The lowest BCUT2D eigenvalue weighted by Gasteiger charge is -2.22. The van der Waals surface area contributed by atoms with Crippen molar-refractivity contribution >= 4 is 33.5 Å². The van der Waals surface area contributed by atoms with Crippen LogP contribution in [-0.4, -0.2) is 42.0 Å². The Balaban J connectivity index is 1.89. The Bertz CT molecular complexity index is 784. The highest BCUT2D eigenvalue weighted by molar-refractivity contribution is 9.10. The van der Waals surface area contributed by atoms with E-state index in [0.29, 0.717) is 12.5 Å². The maximum Gasteiger partial charge on any atom is 0.243 e. The first-order chi connectivity index (χ1) is 12.4. The van der Waals surface area contributed by atoms with Gasteiger partial charge >= 0.3 is 0 Å². The average Bonchev–Trinajstić information content (AvgIpc) is 2.92. The van der Waals surface area contributed by atoms with Gasteiger partial charge < -0.3 is 20.1 Å². The molecule has 140 valence electrons. The average molecular weight is 420 g/mol. The molecule has 0 radical (unpaired) electrons. The van der Waals surface area contributed by atoms with Crippen molar-refractivity contribution in [2.45, 2.75) is 19.9 Å². The van der Waals surface area contributed by atoms with E-state index in [1.54, 1.807) is 7.05 Å². The van der Waals surface area contributed by atoms with Gasteiger partial charge in [0.2, 0.25) is 5.91 Å². The SMILES string of the molecule is CCc1cccc(NC(=O)CNC(=NC)N(C)Cc2cc(Br)cn2C)c1. The topological polar surface area (TPSA) is 61.7 Å². The van der Waals surface area contributed by atoms with Crippen LogP contribution in [0.1, 0.15) is 18.2 Å². The molecule has 1 amide bonds. The molecule has 0 aliphatic carbocycles. The monoisotopic (exact) mass is 419 g/mol. The maximum atomic E-state index is 12.2. The summed E-state index contributed by atoms with van der Waals surface area (Å²) in [5, 5.41) is 6.02. The fraction of sp³-hybridized carbons (Fsp3) is 0.368. The zero-order valence-corrected chi connectivity index (χ0v) is 17.3. The van der Waals surface area contributed by atoms with E-state index >= 15 is 0 Å². The van der Waals surface area contributed by atoms with E-state index < -0.39 is 0 Å². The number of hydrogen-bond donors (Lipinski definition) is 2. The van der Waals surface area contributed by atoms with Gasteiger partial charge in [0.1, 0.15) is 0 Å². The van der Waals surface area contributed by atoms with Gasteiger partial charge in [-0.1, -0.05) is 19.1 Å². The number of nitrogens with one attached hydrogen (secondary N) is 2. The number of aromatic nitrogens is 1. The predicted molar refractivity (Wildman–Crippen MR) is 110 cm³/mol. The Morgan fingerprint density at radius 2 is 2.12 bits per heavy atom. The van der Waals surface area contributed by atoms with E-state index in [2.05, 4.69) is 49.1 Å². The summed E-state index contributed by atoms with van der Waals surface area (Å²) in [7, 11) is 5.66. The van der Waals surface area contributed by atoms with Gasteiger partial charge in [-0.3, -0.25) is 9.79 Å². The summed E-state index contributed by atoms with van der Waals surface area (Å²) < 4.78 is 3.10. The van der Waals surface area contributed by atoms with Crippen LogP contribution >= 0.6 is 15.9 Å². The third-order valence-electron chi connectivity index (χ3n) is 4.07. The van der Waals surface area contributed by atoms with Crippen LogP contribution in [0, 0.1) is 0 Å². The van der Waals surface area contributed by atoms with Crippen LogP contribution in [0.15, 0.2) is 46.0 Å². The van der Waals surface area contributed by atoms with Gasteiger partial charge in [-0.05, 0) is 46.1 Å². The van der Waals surface area contributed by atoms with E-state index in [0.717, 1.165) is 22.3 Å².